The summed E-state index contributed by atoms with van der Waals surface area (Å²) in [4.78, 5) is 12.9. The third kappa shape index (κ3) is 3.92. The van der Waals surface area contributed by atoms with E-state index >= 15 is 0 Å². The normalized spacial score (nSPS) is 23.0. The molecule has 1 fully saturated rings. The first kappa shape index (κ1) is 15.7. The van der Waals surface area contributed by atoms with E-state index in [-0.39, 0.29) is 16.7 Å². The van der Waals surface area contributed by atoms with Gasteiger partial charge < -0.3 is 10.5 Å². The summed E-state index contributed by atoms with van der Waals surface area (Å²) in [5.74, 6) is 1.03. The summed E-state index contributed by atoms with van der Waals surface area (Å²) in [6.45, 7) is 4.73. The van der Waals surface area contributed by atoms with Gasteiger partial charge in [0.15, 0.2) is 0 Å². The molecule has 6 heteroatoms. The Labute approximate surface area is 125 Å². The van der Waals surface area contributed by atoms with Gasteiger partial charge in [0.05, 0.1) is 18.1 Å². The molecule has 2 unspecified atom stereocenters. The van der Waals surface area contributed by atoms with Gasteiger partial charge in [-0.15, -0.1) is 0 Å². The van der Waals surface area contributed by atoms with E-state index in [4.69, 9.17) is 10.5 Å². The molecule has 1 heterocycles. The highest BCUT2D eigenvalue weighted by Crippen LogP contribution is 2.25. The number of hydrogen-bond donors (Lipinski definition) is 1. The highest BCUT2D eigenvalue weighted by atomic mass is 16.6. The number of likely N-dealkylation sites (tertiary alicyclic amines) is 1. The molecule has 21 heavy (non-hydrogen) atoms. The number of ether oxygens (including phenoxy) is 1. The molecule has 6 nitrogen and oxygen atoms in total. The van der Waals surface area contributed by atoms with E-state index in [1.165, 1.54) is 13.2 Å². The summed E-state index contributed by atoms with van der Waals surface area (Å²) in [6, 6.07) is 5.20. The molecule has 1 saturated heterocycles. The molecule has 1 aromatic rings. The fourth-order valence-corrected chi connectivity index (χ4v) is 2.92. The van der Waals surface area contributed by atoms with Crippen LogP contribution in [0, 0.1) is 16.0 Å². The quantitative estimate of drug-likeness (QED) is 0.664. The average molecular weight is 293 g/mol. The topological polar surface area (TPSA) is 81.6 Å². The summed E-state index contributed by atoms with van der Waals surface area (Å²) in [5, 5.41) is 11.0. The van der Waals surface area contributed by atoms with Gasteiger partial charge in [0, 0.05) is 25.2 Å². The minimum atomic E-state index is -0.382. The van der Waals surface area contributed by atoms with Crippen LogP contribution in [-0.4, -0.2) is 36.1 Å². The average Bonchev–Trinajstić information content (AvgIpc) is 2.48. The molecule has 0 radical (unpaired) electrons. The molecule has 0 aliphatic carbocycles. The van der Waals surface area contributed by atoms with Gasteiger partial charge in [0.25, 0.3) is 5.69 Å². The first-order valence-corrected chi connectivity index (χ1v) is 7.33. The second-order valence-corrected chi connectivity index (χ2v) is 5.65. The van der Waals surface area contributed by atoms with E-state index < -0.39 is 0 Å². The second kappa shape index (κ2) is 6.87. The summed E-state index contributed by atoms with van der Waals surface area (Å²) in [5.41, 5.74) is 7.10. The van der Waals surface area contributed by atoms with Crippen molar-refractivity contribution in [3.63, 3.8) is 0 Å². The summed E-state index contributed by atoms with van der Waals surface area (Å²) < 4.78 is 5.15. The van der Waals surface area contributed by atoms with E-state index in [1.54, 1.807) is 6.07 Å². The van der Waals surface area contributed by atoms with E-state index in [1.807, 2.05) is 6.07 Å². The van der Waals surface area contributed by atoms with Crippen molar-refractivity contribution in [2.45, 2.75) is 32.4 Å². The molecule has 0 saturated carbocycles. The summed E-state index contributed by atoms with van der Waals surface area (Å²) in [6.07, 6.45) is 2.04. The number of non-ortho nitro benzene ring substituents is 1. The zero-order valence-corrected chi connectivity index (χ0v) is 12.6. The van der Waals surface area contributed by atoms with Crippen molar-refractivity contribution in [2.24, 2.45) is 11.7 Å². The van der Waals surface area contributed by atoms with Crippen LogP contribution in [0.4, 0.5) is 5.69 Å². The number of piperidine rings is 1. The molecule has 0 aromatic heterocycles. The second-order valence-electron chi connectivity index (χ2n) is 5.65. The molecule has 0 amide bonds. The zero-order valence-electron chi connectivity index (χ0n) is 12.6. The highest BCUT2D eigenvalue weighted by Gasteiger charge is 2.25. The monoisotopic (exact) mass is 293 g/mol. The lowest BCUT2D eigenvalue weighted by atomic mass is 9.90. The Balaban J connectivity index is 2.12. The minimum absolute atomic E-state index is 0.0742. The molecular weight excluding hydrogens is 270 g/mol. The standard InChI is InChI=1S/C15H23N3O3/c1-3-12-10-17(5-4-15(12)16)9-11-6-13(18(19)20)8-14(7-11)21-2/h6-8,12,15H,3-5,9-10,16H2,1-2H3. The highest BCUT2D eigenvalue weighted by molar-refractivity contribution is 5.42. The fraction of sp³-hybridized carbons (Fsp3) is 0.600. The Morgan fingerprint density at radius 1 is 1.48 bits per heavy atom. The molecule has 1 aliphatic heterocycles. The largest absolute Gasteiger partial charge is 0.496 e. The van der Waals surface area contributed by atoms with Crippen molar-refractivity contribution in [1.82, 2.24) is 4.90 Å². The van der Waals surface area contributed by atoms with Crippen molar-refractivity contribution in [3.8, 4) is 5.75 Å². The van der Waals surface area contributed by atoms with Crippen LogP contribution in [0.15, 0.2) is 18.2 Å². The first-order valence-electron chi connectivity index (χ1n) is 7.33. The van der Waals surface area contributed by atoms with Crippen LogP contribution >= 0.6 is 0 Å². The molecule has 116 valence electrons. The lowest BCUT2D eigenvalue weighted by Crippen LogP contribution is -2.46. The van der Waals surface area contributed by atoms with Crippen LogP contribution in [0.5, 0.6) is 5.75 Å². The number of nitro benzene ring substituents is 1. The Morgan fingerprint density at radius 3 is 2.86 bits per heavy atom. The van der Waals surface area contributed by atoms with Crippen molar-refractivity contribution < 1.29 is 9.66 Å². The van der Waals surface area contributed by atoms with Crippen LogP contribution in [0.1, 0.15) is 25.3 Å². The van der Waals surface area contributed by atoms with Crippen molar-refractivity contribution >= 4 is 5.69 Å². The van der Waals surface area contributed by atoms with Gasteiger partial charge in [0.2, 0.25) is 0 Å². The number of benzene rings is 1. The number of rotatable bonds is 5. The van der Waals surface area contributed by atoms with Gasteiger partial charge in [-0.05, 0) is 30.5 Å². The summed E-state index contributed by atoms with van der Waals surface area (Å²) >= 11 is 0. The maximum Gasteiger partial charge on any atom is 0.273 e. The van der Waals surface area contributed by atoms with Crippen LogP contribution in [0.25, 0.3) is 0 Å². The molecular formula is C15H23N3O3. The lowest BCUT2D eigenvalue weighted by Gasteiger charge is -2.36. The van der Waals surface area contributed by atoms with Crippen LogP contribution in [0.2, 0.25) is 0 Å². The number of nitro groups is 1. The van der Waals surface area contributed by atoms with E-state index in [9.17, 15) is 10.1 Å². The van der Waals surface area contributed by atoms with Gasteiger partial charge in [-0.25, -0.2) is 0 Å². The fourth-order valence-electron chi connectivity index (χ4n) is 2.92. The van der Waals surface area contributed by atoms with Gasteiger partial charge >= 0.3 is 0 Å². The minimum Gasteiger partial charge on any atom is -0.496 e. The molecule has 2 atom stereocenters. The molecule has 1 aromatic carbocycles. The Hall–Kier alpha value is -1.66. The predicted molar refractivity (Wildman–Crippen MR) is 81.3 cm³/mol. The van der Waals surface area contributed by atoms with E-state index in [0.717, 1.165) is 31.5 Å². The summed E-state index contributed by atoms with van der Waals surface area (Å²) in [7, 11) is 1.52. The third-order valence-corrected chi connectivity index (χ3v) is 4.21. The van der Waals surface area contributed by atoms with E-state index in [2.05, 4.69) is 11.8 Å². The number of hydrogen-bond acceptors (Lipinski definition) is 5. The van der Waals surface area contributed by atoms with Gasteiger partial charge in [-0.1, -0.05) is 13.3 Å². The SMILES string of the molecule is CCC1CN(Cc2cc(OC)cc([N+](=O)[O-])c2)CCC1N. The molecule has 1 aliphatic rings. The van der Waals surface area contributed by atoms with Crippen LogP contribution < -0.4 is 10.5 Å². The number of nitrogens with zero attached hydrogens (tertiary/aromatic N) is 2. The molecule has 0 bridgehead atoms. The van der Waals surface area contributed by atoms with Crippen LogP contribution in [0.3, 0.4) is 0 Å². The maximum atomic E-state index is 11.0. The molecule has 2 N–H and O–H groups in total. The number of nitrogens with two attached hydrogens (primary N) is 1. The lowest BCUT2D eigenvalue weighted by molar-refractivity contribution is -0.385. The Kier molecular flexibility index (Phi) is 5.14. The van der Waals surface area contributed by atoms with Crippen molar-refractivity contribution in [2.75, 3.05) is 20.2 Å². The zero-order chi connectivity index (χ0) is 15.4. The van der Waals surface area contributed by atoms with Gasteiger partial charge in [-0.2, -0.15) is 0 Å². The smallest absolute Gasteiger partial charge is 0.273 e. The van der Waals surface area contributed by atoms with Crippen LogP contribution in [-0.2, 0) is 6.54 Å². The van der Waals surface area contributed by atoms with Crippen molar-refractivity contribution in [1.29, 1.82) is 0 Å². The maximum absolute atomic E-state index is 11.0. The van der Waals surface area contributed by atoms with Gasteiger partial charge in [0.1, 0.15) is 5.75 Å². The van der Waals surface area contributed by atoms with Gasteiger partial charge in [-0.3, -0.25) is 15.0 Å². The first-order chi connectivity index (χ1) is 10.0. The Morgan fingerprint density at radius 2 is 2.24 bits per heavy atom. The predicted octanol–water partition coefficient (Wildman–Crippen LogP) is 2.16. The van der Waals surface area contributed by atoms with E-state index in [0.29, 0.717) is 18.2 Å². The molecule has 2 rings (SSSR count). The number of methoxy groups -OCH3 is 1. The third-order valence-electron chi connectivity index (χ3n) is 4.21. The molecule has 0 spiro atoms. The Bertz CT molecular complexity index is 507. The van der Waals surface area contributed by atoms with Crippen molar-refractivity contribution in [3.05, 3.63) is 33.9 Å².